The number of hydrogen-bond acceptors (Lipinski definition) is 10. The summed E-state index contributed by atoms with van der Waals surface area (Å²) in [6, 6.07) is 2.40. The lowest BCUT2D eigenvalue weighted by atomic mass is 10.1. The van der Waals surface area contributed by atoms with Crippen LogP contribution in [0, 0.1) is 5.92 Å². The number of imidazole rings is 1. The van der Waals surface area contributed by atoms with Crippen molar-refractivity contribution in [3.05, 3.63) is 35.6 Å². The predicted octanol–water partition coefficient (Wildman–Crippen LogP) is 3.89. The molecule has 288 valence electrons. The first-order valence-electron chi connectivity index (χ1n) is 16.8. The van der Waals surface area contributed by atoms with E-state index in [4.69, 9.17) is 21.1 Å². The summed E-state index contributed by atoms with van der Waals surface area (Å²) in [6.07, 6.45) is -2.37. The van der Waals surface area contributed by atoms with Crippen molar-refractivity contribution in [1.82, 2.24) is 29.3 Å². The van der Waals surface area contributed by atoms with Crippen LogP contribution in [0.3, 0.4) is 0 Å². The molecule has 1 saturated heterocycles. The highest BCUT2D eigenvalue weighted by Gasteiger charge is 2.63. The second-order valence-corrected chi connectivity index (χ2v) is 16.9. The van der Waals surface area contributed by atoms with Crippen LogP contribution < -0.4 is 14.8 Å². The highest BCUT2D eigenvalue weighted by atomic mass is 35.5. The first-order valence-corrected chi connectivity index (χ1v) is 18.6. The molecule has 2 aromatic heterocycles. The number of nitrogens with one attached hydrogen (secondary N) is 2. The van der Waals surface area contributed by atoms with Gasteiger partial charge < -0.3 is 19.7 Å². The molecule has 1 aliphatic heterocycles. The van der Waals surface area contributed by atoms with Crippen LogP contribution in [0.1, 0.15) is 60.3 Å². The molecule has 3 amide bonds. The largest absolute Gasteiger partial charge is 0.472 e. The Labute approximate surface area is 306 Å². The lowest BCUT2D eigenvalue weighted by Gasteiger charge is -2.29. The van der Waals surface area contributed by atoms with Crippen molar-refractivity contribution >= 4 is 61.9 Å². The SMILES string of the molecule is CC(=NC(C)C(=O)N1CC(Oc2nc3nccn3c3ccc(Cl)cc23)CC1C(=O)NC1(C(=O)NS(=O)(=O)C2(CF)CC2)CC1C)OC(C)(C)C(F)(F)F. The first kappa shape index (κ1) is 38.5. The van der Waals surface area contributed by atoms with Gasteiger partial charge in [-0.2, -0.15) is 18.2 Å². The molecule has 3 aliphatic rings. The maximum atomic E-state index is 14.1. The molecule has 3 fully saturated rings. The van der Waals surface area contributed by atoms with Crippen molar-refractivity contribution in [1.29, 1.82) is 0 Å². The van der Waals surface area contributed by atoms with Crippen molar-refractivity contribution < 1.29 is 49.8 Å². The Morgan fingerprint density at radius 2 is 1.89 bits per heavy atom. The van der Waals surface area contributed by atoms with E-state index in [1.54, 1.807) is 35.7 Å². The molecule has 2 saturated carbocycles. The maximum Gasteiger partial charge on any atom is 0.427 e. The number of ether oxygens (including phenoxy) is 2. The molecule has 5 unspecified atom stereocenters. The molecule has 53 heavy (non-hydrogen) atoms. The smallest absolute Gasteiger partial charge is 0.427 e. The third kappa shape index (κ3) is 7.08. The summed E-state index contributed by atoms with van der Waals surface area (Å²) in [7, 11) is -4.40. The minimum atomic E-state index is -4.74. The number of halogens is 5. The van der Waals surface area contributed by atoms with Crippen LogP contribution in [0.4, 0.5) is 17.6 Å². The maximum absolute atomic E-state index is 14.1. The average molecular weight is 788 g/mol. The average Bonchev–Trinajstić information content (AvgIpc) is 3.87. The molecule has 1 aromatic carbocycles. The number of amides is 3. The quantitative estimate of drug-likeness (QED) is 0.166. The predicted molar refractivity (Wildman–Crippen MR) is 183 cm³/mol. The topological polar surface area (TPSA) is 174 Å². The summed E-state index contributed by atoms with van der Waals surface area (Å²) >= 11 is 6.30. The van der Waals surface area contributed by atoms with Crippen LogP contribution in [-0.4, -0.2) is 105 Å². The number of aliphatic imine (C=N–C) groups is 1. The van der Waals surface area contributed by atoms with Crippen LogP contribution in [-0.2, 0) is 29.1 Å². The molecule has 0 bridgehead atoms. The number of carbonyl (C=O) groups is 3. The van der Waals surface area contributed by atoms with E-state index < -0.39 is 86.5 Å². The van der Waals surface area contributed by atoms with Crippen molar-refractivity contribution in [3.63, 3.8) is 0 Å². The van der Waals surface area contributed by atoms with Crippen LogP contribution in [0.15, 0.2) is 35.6 Å². The molecule has 6 rings (SSSR count). The van der Waals surface area contributed by atoms with E-state index in [9.17, 15) is 40.4 Å². The number of benzene rings is 1. The summed E-state index contributed by atoms with van der Waals surface area (Å²) in [5.74, 6) is -3.16. The fraction of sp³-hybridized carbons (Fsp3) is 0.576. The molecule has 20 heteroatoms. The molecular weight excluding hydrogens is 750 g/mol. The number of fused-ring (bicyclic) bond motifs is 3. The Balaban J connectivity index is 1.28. The Hall–Kier alpha value is -4.26. The fourth-order valence-corrected chi connectivity index (χ4v) is 8.06. The third-order valence-electron chi connectivity index (χ3n) is 10.1. The Bertz CT molecular complexity index is 2120. The highest BCUT2D eigenvalue weighted by Crippen LogP contribution is 2.47. The molecule has 3 aromatic rings. The summed E-state index contributed by atoms with van der Waals surface area (Å²) in [4.78, 5) is 55.3. The summed E-state index contributed by atoms with van der Waals surface area (Å²) in [6.45, 7) is 4.35. The fourth-order valence-electron chi connectivity index (χ4n) is 6.46. The van der Waals surface area contributed by atoms with Crippen molar-refractivity contribution in [2.75, 3.05) is 13.2 Å². The number of carbonyl (C=O) groups excluding carboxylic acids is 3. The van der Waals surface area contributed by atoms with Gasteiger partial charge in [-0.1, -0.05) is 18.5 Å². The van der Waals surface area contributed by atoms with Crippen molar-refractivity contribution in [2.45, 2.75) is 101 Å². The van der Waals surface area contributed by atoms with E-state index in [2.05, 4.69) is 20.3 Å². The minimum Gasteiger partial charge on any atom is -0.472 e. The first-order chi connectivity index (χ1) is 24.6. The zero-order chi connectivity index (χ0) is 38.9. The van der Waals surface area contributed by atoms with E-state index in [-0.39, 0.29) is 38.1 Å². The third-order valence-corrected chi connectivity index (χ3v) is 12.5. The van der Waals surface area contributed by atoms with Gasteiger partial charge in [-0.25, -0.2) is 22.8 Å². The second-order valence-electron chi connectivity index (χ2n) is 14.4. The zero-order valence-corrected chi connectivity index (χ0v) is 30.9. The second kappa shape index (κ2) is 13.2. The number of sulfonamides is 1. The van der Waals surface area contributed by atoms with E-state index >= 15 is 0 Å². The van der Waals surface area contributed by atoms with E-state index in [1.165, 1.54) is 20.0 Å². The molecular formula is C33H38ClF4N7O7S. The lowest BCUT2D eigenvalue weighted by Crippen LogP contribution is -2.57. The van der Waals surface area contributed by atoms with Crippen LogP contribution in [0.5, 0.6) is 5.88 Å². The Kier molecular flexibility index (Phi) is 9.61. The van der Waals surface area contributed by atoms with Crippen LogP contribution >= 0.6 is 11.6 Å². The van der Waals surface area contributed by atoms with Crippen LogP contribution in [0.2, 0.25) is 5.02 Å². The van der Waals surface area contributed by atoms with Gasteiger partial charge in [0.15, 0.2) is 11.5 Å². The van der Waals surface area contributed by atoms with Gasteiger partial charge in [-0.3, -0.25) is 23.5 Å². The molecule has 14 nitrogen and oxygen atoms in total. The summed E-state index contributed by atoms with van der Waals surface area (Å²) < 4.78 is 93.1. The number of alkyl halides is 4. The molecule has 2 aliphatic carbocycles. The highest BCUT2D eigenvalue weighted by molar-refractivity contribution is 7.91. The number of likely N-dealkylation sites (tertiary alicyclic amines) is 1. The monoisotopic (exact) mass is 787 g/mol. The molecule has 2 N–H and O–H groups in total. The van der Waals surface area contributed by atoms with Gasteiger partial charge in [0.2, 0.25) is 33.5 Å². The van der Waals surface area contributed by atoms with Gasteiger partial charge in [-0.05, 0) is 64.2 Å². The molecule has 5 atom stereocenters. The molecule has 3 heterocycles. The lowest BCUT2D eigenvalue weighted by molar-refractivity contribution is -0.239. The van der Waals surface area contributed by atoms with Crippen molar-refractivity contribution in [2.24, 2.45) is 10.9 Å². The summed E-state index contributed by atoms with van der Waals surface area (Å²) in [5, 5.41) is 3.51. The zero-order valence-electron chi connectivity index (χ0n) is 29.3. The summed E-state index contributed by atoms with van der Waals surface area (Å²) in [5.41, 5.74) is -3.62. The number of nitrogens with zero attached hydrogens (tertiary/aromatic N) is 5. The van der Waals surface area contributed by atoms with Gasteiger partial charge in [-0.15, -0.1) is 0 Å². The number of hydrogen-bond donors (Lipinski definition) is 2. The van der Waals surface area contributed by atoms with E-state index in [1.807, 2.05) is 4.72 Å². The van der Waals surface area contributed by atoms with Gasteiger partial charge in [0.25, 0.3) is 5.91 Å². The van der Waals surface area contributed by atoms with E-state index in [0.717, 1.165) is 18.7 Å². The molecule has 0 spiro atoms. The van der Waals surface area contributed by atoms with E-state index in [0.29, 0.717) is 21.7 Å². The number of aromatic nitrogens is 3. The van der Waals surface area contributed by atoms with Gasteiger partial charge in [0, 0.05) is 30.8 Å². The van der Waals surface area contributed by atoms with Gasteiger partial charge >= 0.3 is 6.18 Å². The Morgan fingerprint density at radius 3 is 2.49 bits per heavy atom. The van der Waals surface area contributed by atoms with Crippen molar-refractivity contribution in [3.8, 4) is 5.88 Å². The van der Waals surface area contributed by atoms with Gasteiger partial charge in [0.1, 0.15) is 35.1 Å². The normalized spacial score (nSPS) is 24.9. The minimum absolute atomic E-state index is 0.0459. The molecule has 0 radical (unpaired) electrons. The standard InChI is InChI=1S/C33H38ClF4N7O7S/c1-17-14-32(17,28(48)43-53(49,50)31(16-35)8-9-31)42-25(46)24-13-21(15-45(24)27(47)18(2)40-19(3)52-30(4,5)33(36,37)38)51-26-22-12-20(34)6-7-23(22)44-11-10-39-29(44)41-26/h6-7,10-12,17-18,21,24H,8-9,13-16H2,1-5H3,(H,42,46)(H,43,48). The van der Waals surface area contributed by atoms with Crippen LogP contribution in [0.25, 0.3) is 16.7 Å². The Morgan fingerprint density at radius 1 is 1.21 bits per heavy atom. The van der Waals surface area contributed by atoms with Gasteiger partial charge in [0.05, 0.1) is 17.4 Å². The number of rotatable bonds is 11.